The van der Waals surface area contributed by atoms with Gasteiger partial charge in [0.2, 0.25) is 0 Å². The second kappa shape index (κ2) is 34.2. The molecule has 1 aliphatic carbocycles. The standard InChI is InChI=1S/C46H88NO11P/c1-6-8-10-11-12-13-14-15-16-17-18-19-20-21-27-31-46(52)58-40(38-57-59(53,54)56-35-34-47(3,4)5)37-55-45(51)30-26-23-22-25-29-41-42(44(50)36-43(41)49)33-32-39(48)28-24-9-7-2/h32-33,39-44,48-50H,6-31,34-38H2,1-5H3/p+1/b33-32+/t39-,40+,41+,42+,43-,44+/m0/s1. The van der Waals surface area contributed by atoms with Crippen LogP contribution in [0.2, 0.25) is 0 Å². The lowest BCUT2D eigenvalue weighted by Crippen LogP contribution is -2.37. The van der Waals surface area contributed by atoms with Gasteiger partial charge in [-0.3, -0.25) is 18.6 Å². The number of ether oxygens (including phenoxy) is 2. The van der Waals surface area contributed by atoms with Crippen molar-refractivity contribution in [1.29, 1.82) is 0 Å². The van der Waals surface area contributed by atoms with Gasteiger partial charge in [-0.15, -0.1) is 0 Å². The van der Waals surface area contributed by atoms with E-state index < -0.39 is 50.8 Å². The Labute approximate surface area is 359 Å². The van der Waals surface area contributed by atoms with Gasteiger partial charge in [-0.05, 0) is 31.6 Å². The zero-order chi connectivity index (χ0) is 43.8. The Morgan fingerprint density at radius 3 is 1.76 bits per heavy atom. The molecule has 0 aromatic carbocycles. The van der Waals surface area contributed by atoms with Crippen molar-refractivity contribution in [1.82, 2.24) is 0 Å². The number of phosphoric ester groups is 1. The number of nitrogens with zero attached hydrogens (tertiary/aromatic N) is 1. The van der Waals surface area contributed by atoms with E-state index in [0.29, 0.717) is 36.7 Å². The zero-order valence-electron chi connectivity index (χ0n) is 38.1. The minimum absolute atomic E-state index is 0.0000597. The van der Waals surface area contributed by atoms with Crippen molar-refractivity contribution in [3.63, 3.8) is 0 Å². The van der Waals surface area contributed by atoms with Crippen molar-refractivity contribution in [3.8, 4) is 0 Å². The van der Waals surface area contributed by atoms with E-state index >= 15 is 0 Å². The minimum Gasteiger partial charge on any atom is -0.462 e. The van der Waals surface area contributed by atoms with Gasteiger partial charge < -0.3 is 34.2 Å². The highest BCUT2D eigenvalue weighted by Crippen LogP contribution is 2.43. The maximum Gasteiger partial charge on any atom is 0.472 e. The van der Waals surface area contributed by atoms with E-state index in [-0.39, 0.29) is 37.9 Å². The van der Waals surface area contributed by atoms with Gasteiger partial charge in [-0.25, -0.2) is 4.57 Å². The van der Waals surface area contributed by atoms with E-state index in [1.807, 2.05) is 27.2 Å². The number of aliphatic hydroxyl groups excluding tert-OH is 3. The van der Waals surface area contributed by atoms with Crippen LogP contribution in [0.3, 0.4) is 0 Å². The topological polar surface area (TPSA) is 169 Å². The molecule has 0 aromatic rings. The van der Waals surface area contributed by atoms with Crippen molar-refractivity contribution in [2.45, 2.75) is 212 Å². The Balaban J connectivity index is 2.43. The summed E-state index contributed by atoms with van der Waals surface area (Å²) in [6.07, 6.45) is 27.5. The third-order valence-corrected chi connectivity index (χ3v) is 12.4. The van der Waals surface area contributed by atoms with E-state index in [1.165, 1.54) is 70.6 Å². The molecule has 0 spiro atoms. The average Bonchev–Trinajstić information content (AvgIpc) is 3.44. The molecule has 1 unspecified atom stereocenters. The summed E-state index contributed by atoms with van der Waals surface area (Å²) in [6.45, 7) is 4.10. The number of quaternary nitrogens is 1. The van der Waals surface area contributed by atoms with Gasteiger partial charge in [-0.2, -0.15) is 0 Å². The number of hydrogen-bond donors (Lipinski definition) is 4. The predicted octanol–water partition coefficient (Wildman–Crippen LogP) is 9.74. The van der Waals surface area contributed by atoms with Gasteiger partial charge in [0.1, 0.15) is 19.8 Å². The lowest BCUT2D eigenvalue weighted by molar-refractivity contribution is -0.870. The number of rotatable bonds is 39. The average molecular weight is 863 g/mol. The number of hydrogen-bond acceptors (Lipinski definition) is 10. The summed E-state index contributed by atoms with van der Waals surface area (Å²) in [7, 11) is 1.37. The molecule has 348 valence electrons. The molecule has 0 radical (unpaired) electrons. The van der Waals surface area contributed by atoms with Crippen LogP contribution in [0.15, 0.2) is 12.2 Å². The van der Waals surface area contributed by atoms with Crippen LogP contribution >= 0.6 is 7.82 Å². The summed E-state index contributed by atoms with van der Waals surface area (Å²) >= 11 is 0. The van der Waals surface area contributed by atoms with Crippen LogP contribution in [0.4, 0.5) is 0 Å². The van der Waals surface area contributed by atoms with Crippen LogP contribution in [-0.2, 0) is 32.7 Å². The minimum atomic E-state index is -4.43. The van der Waals surface area contributed by atoms with Crippen LogP contribution in [-0.4, -0.2) is 109 Å². The smallest absolute Gasteiger partial charge is 0.462 e. The Morgan fingerprint density at radius 1 is 0.695 bits per heavy atom. The van der Waals surface area contributed by atoms with E-state index in [9.17, 15) is 34.4 Å². The normalized spacial score (nSPS) is 20.5. The molecule has 13 heteroatoms. The van der Waals surface area contributed by atoms with Gasteiger partial charge in [0.15, 0.2) is 6.10 Å². The highest BCUT2D eigenvalue weighted by molar-refractivity contribution is 7.47. The first kappa shape index (κ1) is 55.6. The quantitative estimate of drug-likeness (QED) is 0.0153. The molecule has 0 amide bonds. The summed E-state index contributed by atoms with van der Waals surface area (Å²) in [4.78, 5) is 35.6. The molecule has 4 N–H and O–H groups in total. The Bertz CT molecular complexity index is 1130. The fraction of sp³-hybridized carbons (Fsp3) is 0.913. The van der Waals surface area contributed by atoms with E-state index in [0.717, 1.165) is 64.2 Å². The number of carbonyl (C=O) groups excluding carboxylic acids is 2. The van der Waals surface area contributed by atoms with E-state index in [2.05, 4.69) is 13.8 Å². The number of unbranched alkanes of at least 4 members (excludes halogenated alkanes) is 19. The Kier molecular flexibility index (Phi) is 32.2. The van der Waals surface area contributed by atoms with Crippen LogP contribution in [0.25, 0.3) is 0 Å². The second-order valence-electron chi connectivity index (χ2n) is 18.1. The molecule has 1 rings (SSSR count). The number of esters is 2. The highest BCUT2D eigenvalue weighted by atomic mass is 31.2. The fourth-order valence-corrected chi connectivity index (χ4v) is 8.38. The van der Waals surface area contributed by atoms with E-state index in [1.54, 1.807) is 6.08 Å². The van der Waals surface area contributed by atoms with Crippen molar-refractivity contribution >= 4 is 19.8 Å². The van der Waals surface area contributed by atoms with Crippen molar-refractivity contribution < 1.29 is 57.4 Å². The maximum absolute atomic E-state index is 12.8. The number of aliphatic hydroxyl groups is 3. The van der Waals surface area contributed by atoms with Crippen molar-refractivity contribution in [2.75, 3.05) is 47.5 Å². The molecule has 0 aromatic heterocycles. The third-order valence-electron chi connectivity index (χ3n) is 11.4. The SMILES string of the molecule is CCCCCCCCCCCCCCCCCC(=O)O[C@H](COC(=O)CCCCCC[C@@H]1[C@@H](/C=C/[C@@H](O)CCCCC)[C@H](O)C[C@@H]1O)COP(=O)(O)OCC[N+](C)(C)C. The fourth-order valence-electron chi connectivity index (χ4n) is 7.64. The van der Waals surface area contributed by atoms with Crippen LogP contribution < -0.4 is 0 Å². The molecule has 12 nitrogen and oxygen atoms in total. The Morgan fingerprint density at radius 2 is 1.20 bits per heavy atom. The van der Waals surface area contributed by atoms with Crippen LogP contribution in [0, 0.1) is 11.8 Å². The maximum atomic E-state index is 12.8. The van der Waals surface area contributed by atoms with Gasteiger partial charge in [0.25, 0.3) is 0 Å². The molecular formula is C46H89NO11P+. The summed E-state index contributed by atoms with van der Waals surface area (Å²) in [5, 5.41) is 31.4. The third kappa shape index (κ3) is 31.2. The monoisotopic (exact) mass is 863 g/mol. The van der Waals surface area contributed by atoms with Crippen LogP contribution in [0.5, 0.6) is 0 Å². The van der Waals surface area contributed by atoms with Gasteiger partial charge >= 0.3 is 19.8 Å². The van der Waals surface area contributed by atoms with Gasteiger partial charge in [-0.1, -0.05) is 154 Å². The molecular weight excluding hydrogens is 773 g/mol. The van der Waals surface area contributed by atoms with Crippen molar-refractivity contribution in [3.05, 3.63) is 12.2 Å². The number of phosphoric acid groups is 1. The zero-order valence-corrected chi connectivity index (χ0v) is 39.0. The van der Waals surface area contributed by atoms with Gasteiger partial charge in [0.05, 0.1) is 46.1 Å². The Hall–Kier alpha value is -1.37. The molecule has 0 bridgehead atoms. The molecule has 0 heterocycles. The first-order chi connectivity index (χ1) is 28.2. The molecule has 59 heavy (non-hydrogen) atoms. The molecule has 1 aliphatic rings. The van der Waals surface area contributed by atoms with Crippen molar-refractivity contribution in [2.24, 2.45) is 11.8 Å². The summed E-state index contributed by atoms with van der Waals surface area (Å²) in [6, 6.07) is 0. The molecule has 1 saturated carbocycles. The molecule has 7 atom stereocenters. The molecule has 1 fully saturated rings. The summed E-state index contributed by atoms with van der Waals surface area (Å²) in [5.74, 6) is -1.20. The number of carbonyl (C=O) groups is 2. The second-order valence-corrected chi connectivity index (χ2v) is 19.6. The highest BCUT2D eigenvalue weighted by Gasteiger charge is 2.39. The summed E-state index contributed by atoms with van der Waals surface area (Å²) < 4.78 is 34.3. The molecule has 0 aliphatic heterocycles. The predicted molar refractivity (Wildman–Crippen MR) is 236 cm³/mol. The first-order valence-electron chi connectivity index (χ1n) is 23.7. The first-order valence-corrected chi connectivity index (χ1v) is 25.2. The lowest BCUT2D eigenvalue weighted by Gasteiger charge is -2.24. The van der Waals surface area contributed by atoms with E-state index in [4.69, 9.17) is 18.5 Å². The van der Waals surface area contributed by atoms with Crippen LogP contribution in [0.1, 0.15) is 187 Å². The summed E-state index contributed by atoms with van der Waals surface area (Å²) in [5.41, 5.74) is 0. The van der Waals surface area contributed by atoms with Gasteiger partial charge in [0, 0.05) is 25.2 Å². The lowest BCUT2D eigenvalue weighted by atomic mass is 9.88. The largest absolute Gasteiger partial charge is 0.472 e. The molecule has 0 saturated heterocycles. The number of likely N-dealkylation sites (N-methyl/N-ethyl adjacent to an activating group) is 1.